The number of aromatic nitrogens is 1. The highest BCUT2D eigenvalue weighted by atomic mass is 79.9. The van der Waals surface area contributed by atoms with E-state index in [0.29, 0.717) is 53.5 Å². The van der Waals surface area contributed by atoms with Gasteiger partial charge in [0.05, 0.1) is 52.7 Å². The molecule has 4 aromatic rings. The number of ether oxygens (including phenoxy) is 3. The predicted octanol–water partition coefficient (Wildman–Crippen LogP) is 4.62. The molecule has 210 valence electrons. The molecule has 0 saturated carbocycles. The van der Waals surface area contributed by atoms with Crippen LogP contribution in [0.2, 0.25) is 0 Å². The van der Waals surface area contributed by atoms with Gasteiger partial charge in [-0.1, -0.05) is 29.5 Å². The fourth-order valence-corrected chi connectivity index (χ4v) is 6.18. The van der Waals surface area contributed by atoms with Crippen LogP contribution < -0.4 is 19.6 Å². The summed E-state index contributed by atoms with van der Waals surface area (Å²) in [4.78, 5) is 43.9. The zero-order chi connectivity index (χ0) is 29.3. The molecule has 2 aromatic heterocycles. The van der Waals surface area contributed by atoms with Gasteiger partial charge < -0.3 is 18.6 Å². The Labute approximate surface area is 247 Å². The molecule has 0 aliphatic carbocycles. The molecule has 0 radical (unpaired) electrons. The molecular weight excluding hydrogens is 612 g/mol. The average Bonchev–Trinajstić information content (AvgIpc) is 3.56. The molecule has 41 heavy (non-hydrogen) atoms. The van der Waals surface area contributed by atoms with Crippen molar-refractivity contribution in [2.75, 3.05) is 20.8 Å². The van der Waals surface area contributed by atoms with E-state index in [0.717, 1.165) is 0 Å². The summed E-state index contributed by atoms with van der Waals surface area (Å²) in [6, 6.07) is 15.0. The van der Waals surface area contributed by atoms with E-state index >= 15 is 0 Å². The Kier molecular flexibility index (Phi) is 8.09. The van der Waals surface area contributed by atoms with E-state index in [1.54, 1.807) is 63.4 Å². The van der Waals surface area contributed by atoms with Crippen LogP contribution in [0.3, 0.4) is 0 Å². The first-order valence-corrected chi connectivity index (χ1v) is 14.2. The smallest absolute Gasteiger partial charge is 0.338 e. The fourth-order valence-electron chi connectivity index (χ4n) is 4.59. The van der Waals surface area contributed by atoms with Gasteiger partial charge in [-0.15, -0.1) is 0 Å². The van der Waals surface area contributed by atoms with Crippen LogP contribution in [-0.2, 0) is 14.3 Å². The number of esters is 2. The molecule has 0 saturated heterocycles. The van der Waals surface area contributed by atoms with Crippen molar-refractivity contribution in [3.05, 3.63) is 107 Å². The van der Waals surface area contributed by atoms with Gasteiger partial charge in [0.1, 0.15) is 17.3 Å². The van der Waals surface area contributed by atoms with Crippen LogP contribution in [0, 0.1) is 0 Å². The van der Waals surface area contributed by atoms with Crippen molar-refractivity contribution in [3.8, 4) is 17.1 Å². The van der Waals surface area contributed by atoms with Gasteiger partial charge in [-0.25, -0.2) is 14.6 Å². The molecule has 0 fully saturated rings. The third-order valence-electron chi connectivity index (χ3n) is 6.48. The van der Waals surface area contributed by atoms with Crippen LogP contribution in [-0.4, -0.2) is 37.3 Å². The van der Waals surface area contributed by atoms with E-state index in [1.165, 1.54) is 23.0 Å². The number of thiazole rings is 1. The maximum absolute atomic E-state index is 13.8. The highest BCUT2D eigenvalue weighted by Crippen LogP contribution is 2.35. The Balaban J connectivity index is 1.61. The monoisotopic (exact) mass is 636 g/mol. The zero-order valence-corrected chi connectivity index (χ0v) is 25.0. The Hall–Kier alpha value is -4.22. The number of nitrogens with zero attached hydrogens (tertiary/aromatic N) is 2. The molecule has 9 nitrogen and oxygen atoms in total. The quantitative estimate of drug-likeness (QED) is 0.272. The maximum Gasteiger partial charge on any atom is 0.338 e. The molecule has 1 atom stereocenters. The molecule has 2 aromatic carbocycles. The van der Waals surface area contributed by atoms with Crippen molar-refractivity contribution in [2.45, 2.75) is 19.9 Å². The standard InChI is InChI=1S/C30H25BrN2O7S/c1-5-39-29(36)25-16(2)32-30-33(26(25)18-9-11-23(37-3)21(31)14-18)27(34)24(41-30)15-20-10-12-22(40-20)17-7-6-8-19(13-17)28(35)38-4/h6-15,26H,5H2,1-4H3/b24-15+/t26-/m0/s1. The second kappa shape index (κ2) is 11.7. The summed E-state index contributed by atoms with van der Waals surface area (Å²) in [5.74, 6) is 0.598. The minimum atomic E-state index is -0.761. The summed E-state index contributed by atoms with van der Waals surface area (Å²) >= 11 is 4.71. The number of methoxy groups -OCH3 is 2. The normalized spacial score (nSPS) is 14.9. The van der Waals surface area contributed by atoms with Gasteiger partial charge in [-0.05, 0) is 71.7 Å². The van der Waals surface area contributed by atoms with E-state index in [9.17, 15) is 14.4 Å². The van der Waals surface area contributed by atoms with Crippen molar-refractivity contribution < 1.29 is 28.2 Å². The van der Waals surface area contributed by atoms with Crippen LogP contribution in [0.15, 0.2) is 84.5 Å². The number of carbonyl (C=O) groups is 2. The highest BCUT2D eigenvalue weighted by molar-refractivity contribution is 9.10. The Morgan fingerprint density at radius 1 is 1.12 bits per heavy atom. The molecule has 11 heteroatoms. The summed E-state index contributed by atoms with van der Waals surface area (Å²) in [5.41, 5.74) is 2.20. The summed E-state index contributed by atoms with van der Waals surface area (Å²) in [6.45, 7) is 3.64. The summed E-state index contributed by atoms with van der Waals surface area (Å²) in [7, 11) is 2.89. The molecule has 1 aliphatic heterocycles. The molecule has 5 rings (SSSR count). The number of fused-ring (bicyclic) bond motifs is 1. The van der Waals surface area contributed by atoms with Gasteiger partial charge in [0, 0.05) is 11.6 Å². The van der Waals surface area contributed by atoms with Crippen molar-refractivity contribution >= 4 is 45.3 Å². The zero-order valence-electron chi connectivity index (χ0n) is 22.6. The van der Waals surface area contributed by atoms with Gasteiger partial charge in [0.25, 0.3) is 5.56 Å². The largest absolute Gasteiger partial charge is 0.496 e. The van der Waals surface area contributed by atoms with Crippen molar-refractivity contribution in [1.29, 1.82) is 0 Å². The first-order chi connectivity index (χ1) is 19.7. The van der Waals surface area contributed by atoms with Crippen molar-refractivity contribution in [2.24, 2.45) is 4.99 Å². The SMILES string of the molecule is CCOC(=O)C1=C(C)N=c2s/c(=C/c3ccc(-c4cccc(C(=O)OC)c4)o3)c(=O)n2[C@H]1c1ccc(OC)c(Br)c1. The van der Waals surface area contributed by atoms with E-state index in [-0.39, 0.29) is 17.7 Å². The first kappa shape index (κ1) is 28.3. The fraction of sp³-hybridized carbons (Fsp3) is 0.200. The van der Waals surface area contributed by atoms with Crippen LogP contribution >= 0.6 is 27.3 Å². The third kappa shape index (κ3) is 5.42. The van der Waals surface area contributed by atoms with Crippen molar-refractivity contribution in [3.63, 3.8) is 0 Å². The Morgan fingerprint density at radius 3 is 2.63 bits per heavy atom. The number of allylic oxidation sites excluding steroid dienone is 1. The minimum absolute atomic E-state index is 0.183. The van der Waals surface area contributed by atoms with Gasteiger partial charge in [0.15, 0.2) is 4.80 Å². The Bertz CT molecular complexity index is 1880. The lowest BCUT2D eigenvalue weighted by Gasteiger charge is -2.25. The lowest BCUT2D eigenvalue weighted by Crippen LogP contribution is -2.39. The molecule has 0 amide bonds. The topological polar surface area (TPSA) is 109 Å². The average molecular weight is 638 g/mol. The number of halogens is 1. The van der Waals surface area contributed by atoms with Gasteiger partial charge in [0.2, 0.25) is 0 Å². The number of rotatable bonds is 7. The second-order valence-electron chi connectivity index (χ2n) is 8.97. The second-order valence-corrected chi connectivity index (χ2v) is 10.8. The summed E-state index contributed by atoms with van der Waals surface area (Å²) < 4.78 is 24.1. The number of carbonyl (C=O) groups excluding carboxylic acids is 2. The van der Waals surface area contributed by atoms with Crippen LogP contribution in [0.1, 0.15) is 41.6 Å². The summed E-state index contributed by atoms with van der Waals surface area (Å²) in [6.07, 6.45) is 1.64. The predicted molar refractivity (Wildman–Crippen MR) is 157 cm³/mol. The summed E-state index contributed by atoms with van der Waals surface area (Å²) in [5, 5.41) is 0. The molecule has 0 N–H and O–H groups in total. The maximum atomic E-state index is 13.8. The lowest BCUT2D eigenvalue weighted by atomic mass is 9.96. The molecule has 0 spiro atoms. The number of hydrogen-bond acceptors (Lipinski definition) is 9. The van der Waals surface area contributed by atoms with Crippen LogP contribution in [0.25, 0.3) is 17.4 Å². The van der Waals surface area contributed by atoms with Crippen LogP contribution in [0.5, 0.6) is 5.75 Å². The van der Waals surface area contributed by atoms with Crippen LogP contribution in [0.4, 0.5) is 0 Å². The number of furan rings is 1. The third-order valence-corrected chi connectivity index (χ3v) is 8.08. The molecule has 0 unspecified atom stereocenters. The van der Waals surface area contributed by atoms with Gasteiger partial charge in [-0.2, -0.15) is 0 Å². The number of hydrogen-bond donors (Lipinski definition) is 0. The number of benzene rings is 2. The molecular formula is C30H25BrN2O7S. The molecule has 3 heterocycles. The van der Waals surface area contributed by atoms with Gasteiger partial charge in [-0.3, -0.25) is 9.36 Å². The van der Waals surface area contributed by atoms with E-state index in [4.69, 9.17) is 18.6 Å². The highest BCUT2D eigenvalue weighted by Gasteiger charge is 2.33. The molecule has 1 aliphatic rings. The van der Waals surface area contributed by atoms with Crippen molar-refractivity contribution in [1.82, 2.24) is 4.57 Å². The van der Waals surface area contributed by atoms with E-state index in [1.807, 2.05) is 18.2 Å². The minimum Gasteiger partial charge on any atom is -0.496 e. The van der Waals surface area contributed by atoms with Gasteiger partial charge >= 0.3 is 11.9 Å². The van der Waals surface area contributed by atoms with E-state index in [2.05, 4.69) is 20.9 Å². The Morgan fingerprint density at radius 2 is 1.93 bits per heavy atom. The first-order valence-electron chi connectivity index (χ1n) is 12.6. The molecule has 0 bridgehead atoms. The lowest BCUT2D eigenvalue weighted by molar-refractivity contribution is -0.139. The van der Waals surface area contributed by atoms with E-state index < -0.39 is 18.0 Å².